The third-order valence-electron chi connectivity index (χ3n) is 4.64. The van der Waals surface area contributed by atoms with Gasteiger partial charge in [0.15, 0.2) is 0 Å². The summed E-state index contributed by atoms with van der Waals surface area (Å²) in [4.78, 5) is 26.0. The van der Waals surface area contributed by atoms with Gasteiger partial charge in [0, 0.05) is 32.5 Å². The van der Waals surface area contributed by atoms with Gasteiger partial charge in [-0.15, -0.1) is 0 Å². The summed E-state index contributed by atoms with van der Waals surface area (Å²) in [6.45, 7) is 4.36. The van der Waals surface area contributed by atoms with Crippen LogP contribution in [0.5, 0.6) is 0 Å². The standard InChI is InChI=1S/C20H30N2O2/c1-2-8-19(23)21-15-18-12-7-14-22(16-18)20(24)13-6-11-17-9-4-3-5-10-17/h3-5,9-10,18H,2,6-8,11-16H2,1H3,(H,21,23)/t18-/m1/s1. The van der Waals surface area contributed by atoms with Crippen molar-refractivity contribution in [1.29, 1.82) is 0 Å². The summed E-state index contributed by atoms with van der Waals surface area (Å²) in [5.41, 5.74) is 1.29. The molecule has 0 aromatic heterocycles. The highest BCUT2D eigenvalue weighted by Crippen LogP contribution is 2.17. The summed E-state index contributed by atoms with van der Waals surface area (Å²) in [6, 6.07) is 10.3. The van der Waals surface area contributed by atoms with E-state index in [1.54, 1.807) is 0 Å². The number of benzene rings is 1. The molecule has 1 aromatic rings. The molecule has 1 aliphatic rings. The van der Waals surface area contributed by atoms with Crippen LogP contribution in [-0.2, 0) is 16.0 Å². The van der Waals surface area contributed by atoms with Crippen LogP contribution < -0.4 is 5.32 Å². The van der Waals surface area contributed by atoms with E-state index >= 15 is 0 Å². The van der Waals surface area contributed by atoms with Crippen LogP contribution in [0.1, 0.15) is 51.0 Å². The van der Waals surface area contributed by atoms with Crippen molar-refractivity contribution in [3.63, 3.8) is 0 Å². The molecule has 4 heteroatoms. The van der Waals surface area contributed by atoms with Gasteiger partial charge in [-0.1, -0.05) is 37.3 Å². The van der Waals surface area contributed by atoms with Crippen LogP contribution in [-0.4, -0.2) is 36.3 Å². The quantitative estimate of drug-likeness (QED) is 0.796. The van der Waals surface area contributed by atoms with E-state index in [0.717, 1.165) is 45.2 Å². The molecule has 0 spiro atoms. The maximum Gasteiger partial charge on any atom is 0.222 e. The topological polar surface area (TPSA) is 49.4 Å². The minimum absolute atomic E-state index is 0.129. The number of likely N-dealkylation sites (tertiary alicyclic amines) is 1. The van der Waals surface area contributed by atoms with Gasteiger partial charge in [-0.25, -0.2) is 0 Å². The molecule has 4 nitrogen and oxygen atoms in total. The van der Waals surface area contributed by atoms with Gasteiger partial charge in [0.05, 0.1) is 0 Å². The zero-order valence-corrected chi connectivity index (χ0v) is 14.8. The minimum atomic E-state index is 0.129. The van der Waals surface area contributed by atoms with Crippen molar-refractivity contribution in [2.24, 2.45) is 5.92 Å². The van der Waals surface area contributed by atoms with Gasteiger partial charge in [0.1, 0.15) is 0 Å². The average Bonchev–Trinajstić information content (AvgIpc) is 2.61. The number of nitrogens with one attached hydrogen (secondary N) is 1. The summed E-state index contributed by atoms with van der Waals surface area (Å²) >= 11 is 0. The molecule has 0 radical (unpaired) electrons. The van der Waals surface area contributed by atoms with Gasteiger partial charge in [0.25, 0.3) is 0 Å². The molecule has 1 aromatic carbocycles. The van der Waals surface area contributed by atoms with Crippen molar-refractivity contribution < 1.29 is 9.59 Å². The Hall–Kier alpha value is -1.84. The number of nitrogens with zero attached hydrogens (tertiary/aromatic N) is 1. The Morgan fingerprint density at radius 1 is 1.21 bits per heavy atom. The largest absolute Gasteiger partial charge is 0.356 e. The molecular weight excluding hydrogens is 300 g/mol. The Morgan fingerprint density at radius 2 is 2.00 bits per heavy atom. The fourth-order valence-corrected chi connectivity index (χ4v) is 3.28. The average molecular weight is 330 g/mol. The van der Waals surface area contributed by atoms with Crippen LogP contribution in [0, 0.1) is 5.92 Å². The maximum absolute atomic E-state index is 12.4. The van der Waals surface area contributed by atoms with Crippen LogP contribution >= 0.6 is 0 Å². The summed E-state index contributed by atoms with van der Waals surface area (Å²) in [6.07, 6.45) is 6.08. The third kappa shape index (κ3) is 6.34. The van der Waals surface area contributed by atoms with Gasteiger partial charge in [-0.2, -0.15) is 0 Å². The number of carbonyl (C=O) groups is 2. The lowest BCUT2D eigenvalue weighted by Gasteiger charge is -2.33. The van der Waals surface area contributed by atoms with Crippen molar-refractivity contribution in [3.05, 3.63) is 35.9 Å². The first kappa shape index (κ1) is 18.5. The van der Waals surface area contributed by atoms with Gasteiger partial charge in [0.2, 0.25) is 11.8 Å². The number of amides is 2. The van der Waals surface area contributed by atoms with Crippen molar-refractivity contribution in [2.75, 3.05) is 19.6 Å². The van der Waals surface area contributed by atoms with E-state index in [2.05, 4.69) is 17.4 Å². The normalized spacial score (nSPS) is 17.5. The van der Waals surface area contributed by atoms with Crippen LogP contribution in [0.15, 0.2) is 30.3 Å². The Morgan fingerprint density at radius 3 is 2.75 bits per heavy atom. The number of piperidine rings is 1. The SMILES string of the molecule is CCCC(=O)NC[C@H]1CCCN(C(=O)CCCc2ccccc2)C1. The minimum Gasteiger partial charge on any atom is -0.356 e. The molecule has 1 atom stereocenters. The molecular formula is C20H30N2O2. The summed E-state index contributed by atoms with van der Waals surface area (Å²) in [5.74, 6) is 0.789. The molecule has 24 heavy (non-hydrogen) atoms. The molecule has 0 saturated carbocycles. The van der Waals surface area contributed by atoms with E-state index in [9.17, 15) is 9.59 Å². The van der Waals surface area contributed by atoms with Crippen molar-refractivity contribution in [3.8, 4) is 0 Å². The lowest BCUT2D eigenvalue weighted by molar-refractivity contribution is -0.133. The van der Waals surface area contributed by atoms with Crippen LogP contribution in [0.4, 0.5) is 0 Å². The highest BCUT2D eigenvalue weighted by Gasteiger charge is 2.23. The second kappa shape index (κ2) is 10.1. The van der Waals surface area contributed by atoms with Gasteiger partial charge in [-0.05, 0) is 43.6 Å². The van der Waals surface area contributed by atoms with Gasteiger partial charge in [-0.3, -0.25) is 9.59 Å². The first-order valence-corrected chi connectivity index (χ1v) is 9.27. The summed E-state index contributed by atoms with van der Waals surface area (Å²) in [5, 5.41) is 3.00. The highest BCUT2D eigenvalue weighted by molar-refractivity contribution is 5.76. The monoisotopic (exact) mass is 330 g/mol. The number of hydrogen-bond donors (Lipinski definition) is 1. The Balaban J connectivity index is 1.69. The fraction of sp³-hybridized carbons (Fsp3) is 0.600. The van der Waals surface area contributed by atoms with E-state index < -0.39 is 0 Å². The van der Waals surface area contributed by atoms with E-state index in [1.165, 1.54) is 5.56 Å². The van der Waals surface area contributed by atoms with Crippen LogP contribution in [0.3, 0.4) is 0 Å². The predicted octanol–water partition coefficient (Wildman–Crippen LogP) is 3.16. The molecule has 1 saturated heterocycles. The first-order valence-electron chi connectivity index (χ1n) is 9.27. The Kier molecular flexibility index (Phi) is 7.80. The third-order valence-corrected chi connectivity index (χ3v) is 4.64. The predicted molar refractivity (Wildman–Crippen MR) is 96.6 cm³/mol. The maximum atomic E-state index is 12.4. The number of aryl methyl sites for hydroxylation is 1. The molecule has 0 aliphatic carbocycles. The smallest absolute Gasteiger partial charge is 0.222 e. The molecule has 1 heterocycles. The van der Waals surface area contributed by atoms with E-state index in [1.807, 2.05) is 30.0 Å². The number of hydrogen-bond acceptors (Lipinski definition) is 2. The lowest BCUT2D eigenvalue weighted by Crippen LogP contribution is -2.43. The number of rotatable bonds is 8. The van der Waals surface area contributed by atoms with E-state index in [-0.39, 0.29) is 11.8 Å². The summed E-state index contributed by atoms with van der Waals surface area (Å²) < 4.78 is 0. The molecule has 0 bridgehead atoms. The second-order valence-corrected chi connectivity index (χ2v) is 6.74. The molecule has 1 aliphatic heterocycles. The zero-order valence-electron chi connectivity index (χ0n) is 14.8. The van der Waals surface area contributed by atoms with Crippen molar-refractivity contribution in [2.45, 2.75) is 51.9 Å². The Labute approximate surface area is 145 Å². The molecule has 2 rings (SSSR count). The Bertz CT molecular complexity index is 516. The molecule has 1 fully saturated rings. The summed E-state index contributed by atoms with van der Waals surface area (Å²) in [7, 11) is 0. The first-order chi connectivity index (χ1) is 11.7. The lowest BCUT2D eigenvalue weighted by atomic mass is 9.97. The van der Waals surface area contributed by atoms with E-state index in [4.69, 9.17) is 0 Å². The zero-order chi connectivity index (χ0) is 17.2. The molecule has 2 amide bonds. The van der Waals surface area contributed by atoms with Crippen molar-refractivity contribution in [1.82, 2.24) is 10.2 Å². The molecule has 1 N–H and O–H groups in total. The number of carbonyl (C=O) groups excluding carboxylic acids is 2. The highest BCUT2D eigenvalue weighted by atomic mass is 16.2. The molecule has 0 unspecified atom stereocenters. The van der Waals surface area contributed by atoms with E-state index in [0.29, 0.717) is 25.3 Å². The van der Waals surface area contributed by atoms with Crippen LogP contribution in [0.2, 0.25) is 0 Å². The van der Waals surface area contributed by atoms with Gasteiger partial charge >= 0.3 is 0 Å². The second-order valence-electron chi connectivity index (χ2n) is 6.74. The molecule has 132 valence electrons. The van der Waals surface area contributed by atoms with Crippen LogP contribution in [0.25, 0.3) is 0 Å². The van der Waals surface area contributed by atoms with Gasteiger partial charge < -0.3 is 10.2 Å². The van der Waals surface area contributed by atoms with Crippen molar-refractivity contribution >= 4 is 11.8 Å². The fourth-order valence-electron chi connectivity index (χ4n) is 3.28.